The third-order valence-electron chi connectivity index (χ3n) is 4.24. The summed E-state index contributed by atoms with van der Waals surface area (Å²) in [6, 6.07) is 0. The highest BCUT2D eigenvalue weighted by Crippen LogP contribution is 2.45. The summed E-state index contributed by atoms with van der Waals surface area (Å²) in [5, 5.41) is 7.16. The number of hydrogen-bond acceptors (Lipinski definition) is 5. The molecule has 0 aliphatic carbocycles. The topological polar surface area (TPSA) is 67.4 Å². The van der Waals surface area contributed by atoms with E-state index in [4.69, 9.17) is 4.74 Å². The molecule has 2 heterocycles. The van der Waals surface area contributed by atoms with Gasteiger partial charge in [-0.05, 0) is 46.1 Å². The maximum absolute atomic E-state index is 12.4. The summed E-state index contributed by atoms with van der Waals surface area (Å²) in [6.45, 7) is 10.5. The lowest BCUT2D eigenvalue weighted by molar-refractivity contribution is -0.116. The Labute approximate surface area is 148 Å². The van der Waals surface area contributed by atoms with E-state index in [1.54, 1.807) is 0 Å². The molecule has 0 unspecified atom stereocenters. The Morgan fingerprint density at radius 3 is 2.54 bits per heavy atom. The number of methoxy groups -OCH3 is 1. The standard InChI is InChI=1S/C18H28N2O3S/c1-7-8-9-12(21)19-15-13(16(22)23-6)11-10-17(2,3)20-18(4,5)14(11)24-15/h20H,7-10H2,1-6H3,(H,19,21). The van der Waals surface area contributed by atoms with E-state index in [1.165, 1.54) is 18.4 Å². The lowest BCUT2D eigenvalue weighted by Gasteiger charge is -2.42. The fraction of sp³-hybridized carbons (Fsp3) is 0.667. The van der Waals surface area contributed by atoms with E-state index >= 15 is 0 Å². The molecule has 0 fully saturated rings. The van der Waals surface area contributed by atoms with Crippen LogP contribution in [0.3, 0.4) is 0 Å². The molecule has 1 amide bonds. The van der Waals surface area contributed by atoms with Crippen LogP contribution >= 0.6 is 11.3 Å². The van der Waals surface area contributed by atoms with E-state index in [0.717, 1.165) is 29.7 Å². The Bertz CT molecular complexity index is 647. The molecule has 0 saturated heterocycles. The van der Waals surface area contributed by atoms with Crippen LogP contribution in [0.25, 0.3) is 0 Å². The molecule has 5 nitrogen and oxygen atoms in total. The van der Waals surface area contributed by atoms with Crippen molar-refractivity contribution in [2.24, 2.45) is 0 Å². The van der Waals surface area contributed by atoms with Crippen molar-refractivity contribution < 1.29 is 14.3 Å². The average Bonchev–Trinajstić information content (AvgIpc) is 2.81. The van der Waals surface area contributed by atoms with Crippen molar-refractivity contribution in [2.45, 2.75) is 71.4 Å². The summed E-state index contributed by atoms with van der Waals surface area (Å²) < 4.78 is 5.00. The number of ether oxygens (including phenoxy) is 1. The summed E-state index contributed by atoms with van der Waals surface area (Å²) in [7, 11) is 1.38. The van der Waals surface area contributed by atoms with Crippen LogP contribution in [0.15, 0.2) is 0 Å². The maximum Gasteiger partial charge on any atom is 0.341 e. The van der Waals surface area contributed by atoms with Crippen LogP contribution in [0, 0.1) is 0 Å². The lowest BCUT2D eigenvalue weighted by Crippen LogP contribution is -2.55. The normalized spacial score (nSPS) is 17.9. The minimum Gasteiger partial charge on any atom is -0.465 e. The monoisotopic (exact) mass is 352 g/mol. The van der Waals surface area contributed by atoms with E-state index in [2.05, 4.69) is 38.3 Å². The van der Waals surface area contributed by atoms with E-state index in [-0.39, 0.29) is 23.0 Å². The highest BCUT2D eigenvalue weighted by molar-refractivity contribution is 7.17. The number of nitrogens with one attached hydrogen (secondary N) is 2. The lowest BCUT2D eigenvalue weighted by atomic mass is 9.81. The SMILES string of the molecule is CCCCC(=O)Nc1sc2c(c1C(=O)OC)CC(C)(C)NC2(C)C. The average molecular weight is 353 g/mol. The van der Waals surface area contributed by atoms with Crippen molar-refractivity contribution >= 4 is 28.2 Å². The van der Waals surface area contributed by atoms with E-state index < -0.39 is 0 Å². The zero-order chi connectivity index (χ0) is 18.1. The fourth-order valence-electron chi connectivity index (χ4n) is 3.46. The number of rotatable bonds is 5. The third kappa shape index (κ3) is 3.81. The van der Waals surface area contributed by atoms with Gasteiger partial charge in [0.15, 0.2) is 0 Å². The van der Waals surface area contributed by atoms with Crippen molar-refractivity contribution in [2.75, 3.05) is 12.4 Å². The van der Waals surface area contributed by atoms with Gasteiger partial charge in [-0.25, -0.2) is 4.79 Å². The van der Waals surface area contributed by atoms with Gasteiger partial charge >= 0.3 is 5.97 Å². The number of unbranched alkanes of at least 4 members (excludes halogenated alkanes) is 1. The fourth-order valence-corrected chi connectivity index (χ4v) is 4.74. The molecule has 0 saturated carbocycles. The first-order valence-electron chi connectivity index (χ1n) is 8.45. The molecule has 0 aromatic carbocycles. The van der Waals surface area contributed by atoms with E-state index in [9.17, 15) is 9.59 Å². The van der Waals surface area contributed by atoms with Gasteiger partial charge in [0, 0.05) is 22.4 Å². The molecular formula is C18H28N2O3S. The number of carbonyl (C=O) groups excluding carboxylic acids is 2. The van der Waals surface area contributed by atoms with E-state index in [1.807, 2.05) is 6.92 Å². The van der Waals surface area contributed by atoms with Crippen molar-refractivity contribution in [1.29, 1.82) is 0 Å². The van der Waals surface area contributed by atoms with Gasteiger partial charge in [-0.3, -0.25) is 4.79 Å². The Morgan fingerprint density at radius 2 is 1.96 bits per heavy atom. The zero-order valence-electron chi connectivity index (χ0n) is 15.5. The molecule has 0 radical (unpaired) electrons. The van der Waals surface area contributed by atoms with Crippen LogP contribution in [-0.2, 0) is 21.5 Å². The van der Waals surface area contributed by atoms with Crippen molar-refractivity contribution in [1.82, 2.24) is 5.32 Å². The van der Waals surface area contributed by atoms with Crippen LogP contribution in [-0.4, -0.2) is 24.5 Å². The van der Waals surface area contributed by atoms with Gasteiger partial charge in [-0.1, -0.05) is 13.3 Å². The maximum atomic E-state index is 12.4. The first-order chi connectivity index (χ1) is 11.1. The number of fused-ring (bicyclic) bond motifs is 1. The number of amides is 1. The molecule has 2 N–H and O–H groups in total. The van der Waals surface area contributed by atoms with Gasteiger partial charge in [0.05, 0.1) is 12.7 Å². The number of anilines is 1. The highest BCUT2D eigenvalue weighted by atomic mass is 32.1. The predicted molar refractivity (Wildman–Crippen MR) is 97.8 cm³/mol. The minimum atomic E-state index is -0.383. The number of carbonyl (C=O) groups is 2. The van der Waals surface area contributed by atoms with Crippen LogP contribution in [0.1, 0.15) is 74.7 Å². The van der Waals surface area contributed by atoms with Gasteiger partial charge in [0.25, 0.3) is 0 Å². The number of hydrogen-bond donors (Lipinski definition) is 2. The molecule has 0 atom stereocenters. The van der Waals surface area contributed by atoms with Gasteiger partial charge in [-0.15, -0.1) is 11.3 Å². The molecule has 1 aliphatic heterocycles. The second-order valence-electron chi connectivity index (χ2n) is 7.57. The second-order valence-corrected chi connectivity index (χ2v) is 8.59. The summed E-state index contributed by atoms with van der Waals surface area (Å²) in [4.78, 5) is 25.7. The number of esters is 1. The molecule has 1 aromatic heterocycles. The van der Waals surface area contributed by atoms with Crippen molar-refractivity contribution in [3.8, 4) is 0 Å². The Morgan fingerprint density at radius 1 is 1.29 bits per heavy atom. The van der Waals surface area contributed by atoms with Gasteiger partial charge < -0.3 is 15.4 Å². The molecular weight excluding hydrogens is 324 g/mol. The molecule has 134 valence electrons. The van der Waals surface area contributed by atoms with E-state index in [0.29, 0.717) is 17.0 Å². The zero-order valence-corrected chi connectivity index (χ0v) is 16.3. The smallest absolute Gasteiger partial charge is 0.341 e. The quantitative estimate of drug-likeness (QED) is 0.791. The Kier molecular flexibility index (Phi) is 5.40. The van der Waals surface area contributed by atoms with Crippen LogP contribution in [0.4, 0.5) is 5.00 Å². The summed E-state index contributed by atoms with van der Waals surface area (Å²) in [5.41, 5.74) is 1.11. The Balaban J connectivity index is 2.48. The minimum absolute atomic E-state index is 0.0503. The summed E-state index contributed by atoms with van der Waals surface area (Å²) >= 11 is 1.48. The van der Waals surface area contributed by atoms with Gasteiger partial charge in [-0.2, -0.15) is 0 Å². The molecule has 6 heteroatoms. The van der Waals surface area contributed by atoms with Gasteiger partial charge in [0.2, 0.25) is 5.91 Å². The first kappa shape index (κ1) is 18.9. The van der Waals surface area contributed by atoms with Crippen LogP contribution < -0.4 is 10.6 Å². The van der Waals surface area contributed by atoms with Crippen LogP contribution in [0.2, 0.25) is 0 Å². The van der Waals surface area contributed by atoms with Crippen molar-refractivity contribution in [3.63, 3.8) is 0 Å². The van der Waals surface area contributed by atoms with Crippen molar-refractivity contribution in [3.05, 3.63) is 16.0 Å². The predicted octanol–water partition coefficient (Wildman–Crippen LogP) is 3.82. The molecule has 24 heavy (non-hydrogen) atoms. The highest BCUT2D eigenvalue weighted by Gasteiger charge is 2.42. The summed E-state index contributed by atoms with van der Waals surface area (Å²) in [6.07, 6.45) is 2.98. The molecule has 0 bridgehead atoms. The first-order valence-corrected chi connectivity index (χ1v) is 9.26. The molecule has 2 rings (SSSR count). The molecule has 1 aliphatic rings. The van der Waals surface area contributed by atoms with Crippen LogP contribution in [0.5, 0.6) is 0 Å². The Hall–Kier alpha value is -1.40. The summed E-state index contributed by atoms with van der Waals surface area (Å²) in [5.74, 6) is -0.433. The van der Waals surface area contributed by atoms with Gasteiger partial charge in [0.1, 0.15) is 5.00 Å². The molecule has 0 spiro atoms. The third-order valence-corrected chi connectivity index (χ3v) is 5.72. The number of thiophene rings is 1. The molecule has 1 aromatic rings. The second kappa shape index (κ2) is 6.84. The largest absolute Gasteiger partial charge is 0.465 e.